The number of ether oxygens (including phenoxy) is 1. The van der Waals surface area contributed by atoms with Gasteiger partial charge in [0.2, 0.25) is 0 Å². The van der Waals surface area contributed by atoms with E-state index in [1.165, 1.54) is 12.1 Å². The topological polar surface area (TPSA) is 81.5 Å². The lowest BCUT2D eigenvalue weighted by Gasteiger charge is -2.17. The van der Waals surface area contributed by atoms with Gasteiger partial charge in [-0.3, -0.25) is 14.9 Å². The molecule has 0 aliphatic rings. The number of rotatable bonds is 7. The van der Waals surface area contributed by atoms with Crippen molar-refractivity contribution in [1.82, 2.24) is 5.32 Å². The number of nitro benzene ring substituents is 1. The first-order chi connectivity index (χ1) is 11.5. The molecule has 126 valence electrons. The molecule has 1 atom stereocenters. The van der Waals surface area contributed by atoms with Crippen LogP contribution in [0.1, 0.15) is 24.9 Å². The third kappa shape index (κ3) is 4.70. The lowest BCUT2D eigenvalue weighted by molar-refractivity contribution is -0.385. The maximum atomic E-state index is 12.1. The molecule has 0 fully saturated rings. The molecule has 0 aliphatic heterocycles. The molecule has 24 heavy (non-hydrogen) atoms. The number of hydrogen-bond acceptors (Lipinski definition) is 4. The first-order valence-electron chi connectivity index (χ1n) is 7.42. The Morgan fingerprint density at radius 1 is 1.25 bits per heavy atom. The Kier molecular flexibility index (Phi) is 6.14. The molecule has 6 nitrogen and oxygen atoms in total. The normalized spacial score (nSPS) is 11.6. The molecule has 0 bridgehead atoms. The summed E-state index contributed by atoms with van der Waals surface area (Å²) in [5, 5.41) is 14.4. The van der Waals surface area contributed by atoms with Gasteiger partial charge in [-0.25, -0.2) is 0 Å². The summed E-state index contributed by atoms with van der Waals surface area (Å²) in [5.74, 6) is -0.285. The number of carbonyl (C=O) groups excluding carboxylic acids is 1. The zero-order valence-corrected chi connectivity index (χ0v) is 13.8. The predicted molar refractivity (Wildman–Crippen MR) is 91.2 cm³/mol. The second-order valence-electron chi connectivity index (χ2n) is 5.09. The Labute approximate surface area is 144 Å². The SMILES string of the molecule is CCC(NC(=O)COc1ccccc1[N+](=O)[O-])c1ccc(Cl)cc1. The van der Waals surface area contributed by atoms with E-state index in [2.05, 4.69) is 5.32 Å². The van der Waals surface area contributed by atoms with Crippen LogP contribution in [0.3, 0.4) is 0 Å². The number of amides is 1. The first-order valence-corrected chi connectivity index (χ1v) is 7.80. The van der Waals surface area contributed by atoms with Crippen molar-refractivity contribution >= 4 is 23.2 Å². The molecular formula is C17H17ClN2O4. The average molecular weight is 349 g/mol. The fourth-order valence-corrected chi connectivity index (χ4v) is 2.35. The molecule has 1 unspecified atom stereocenters. The number of benzene rings is 2. The van der Waals surface area contributed by atoms with Gasteiger partial charge in [-0.05, 0) is 30.2 Å². The van der Waals surface area contributed by atoms with E-state index < -0.39 is 4.92 Å². The van der Waals surface area contributed by atoms with Crippen LogP contribution in [0, 0.1) is 10.1 Å². The highest BCUT2D eigenvalue weighted by Crippen LogP contribution is 2.25. The molecule has 0 aromatic heterocycles. The van der Waals surface area contributed by atoms with Crippen LogP contribution >= 0.6 is 11.6 Å². The van der Waals surface area contributed by atoms with Crippen molar-refractivity contribution in [3.8, 4) is 5.75 Å². The van der Waals surface area contributed by atoms with Crippen molar-refractivity contribution in [1.29, 1.82) is 0 Å². The van der Waals surface area contributed by atoms with Crippen LogP contribution in [0.2, 0.25) is 5.02 Å². The predicted octanol–water partition coefficient (Wildman–Crippen LogP) is 3.89. The zero-order chi connectivity index (χ0) is 17.5. The van der Waals surface area contributed by atoms with Crippen LogP contribution < -0.4 is 10.1 Å². The van der Waals surface area contributed by atoms with Gasteiger partial charge >= 0.3 is 5.69 Å². The largest absolute Gasteiger partial charge is 0.477 e. The Morgan fingerprint density at radius 3 is 2.54 bits per heavy atom. The van der Waals surface area contributed by atoms with Crippen LogP contribution in [-0.2, 0) is 4.79 Å². The molecule has 0 aliphatic carbocycles. The second kappa shape index (κ2) is 8.31. The number of nitrogens with one attached hydrogen (secondary N) is 1. The molecule has 0 saturated carbocycles. The quantitative estimate of drug-likeness (QED) is 0.607. The van der Waals surface area contributed by atoms with Gasteiger partial charge in [-0.15, -0.1) is 0 Å². The van der Waals surface area contributed by atoms with E-state index in [1.807, 2.05) is 19.1 Å². The minimum atomic E-state index is -0.546. The molecule has 2 aromatic rings. The van der Waals surface area contributed by atoms with Gasteiger partial charge in [0.1, 0.15) is 0 Å². The number of nitrogens with zero attached hydrogens (tertiary/aromatic N) is 1. The fraction of sp³-hybridized carbons (Fsp3) is 0.235. The number of hydrogen-bond donors (Lipinski definition) is 1. The van der Waals surface area contributed by atoms with Crippen molar-refractivity contribution in [3.05, 3.63) is 69.2 Å². The van der Waals surface area contributed by atoms with E-state index in [1.54, 1.807) is 24.3 Å². The third-order valence-electron chi connectivity index (χ3n) is 3.44. The van der Waals surface area contributed by atoms with E-state index in [0.717, 1.165) is 5.56 Å². The number of carbonyl (C=O) groups is 1. The van der Waals surface area contributed by atoms with Crippen molar-refractivity contribution in [3.63, 3.8) is 0 Å². The number of nitro groups is 1. The van der Waals surface area contributed by atoms with E-state index in [4.69, 9.17) is 16.3 Å². The summed E-state index contributed by atoms with van der Waals surface area (Å²) in [6.45, 7) is 1.65. The standard InChI is InChI=1S/C17H17ClN2O4/c1-2-14(12-7-9-13(18)10-8-12)19-17(21)11-24-16-6-4-3-5-15(16)20(22)23/h3-10,14H,2,11H2,1H3,(H,19,21). The summed E-state index contributed by atoms with van der Waals surface area (Å²) in [5.41, 5.74) is 0.760. The van der Waals surface area contributed by atoms with Crippen molar-refractivity contribution in [2.24, 2.45) is 0 Å². The smallest absolute Gasteiger partial charge is 0.310 e. The minimum Gasteiger partial charge on any atom is -0.477 e. The monoisotopic (exact) mass is 348 g/mol. The Bertz CT molecular complexity index is 719. The molecule has 2 aromatic carbocycles. The highest BCUT2D eigenvalue weighted by Gasteiger charge is 2.17. The fourth-order valence-electron chi connectivity index (χ4n) is 2.23. The van der Waals surface area contributed by atoms with E-state index >= 15 is 0 Å². The van der Waals surface area contributed by atoms with Gasteiger partial charge in [0.05, 0.1) is 11.0 Å². The lowest BCUT2D eigenvalue weighted by Crippen LogP contribution is -2.32. The number of para-hydroxylation sites is 2. The van der Waals surface area contributed by atoms with Crippen molar-refractivity contribution < 1.29 is 14.5 Å². The van der Waals surface area contributed by atoms with Crippen LogP contribution in [0.5, 0.6) is 5.75 Å². The van der Waals surface area contributed by atoms with Gasteiger partial charge in [0, 0.05) is 11.1 Å². The summed E-state index contributed by atoms with van der Waals surface area (Å²) in [4.78, 5) is 22.4. The second-order valence-corrected chi connectivity index (χ2v) is 5.53. The van der Waals surface area contributed by atoms with Crippen molar-refractivity contribution in [2.45, 2.75) is 19.4 Å². The summed E-state index contributed by atoms with van der Waals surface area (Å²) in [6.07, 6.45) is 0.693. The average Bonchev–Trinajstić information content (AvgIpc) is 2.59. The van der Waals surface area contributed by atoms with Gasteiger partial charge in [0.15, 0.2) is 12.4 Å². The van der Waals surface area contributed by atoms with Gasteiger partial charge < -0.3 is 10.1 Å². The molecule has 2 rings (SSSR count). The molecule has 1 amide bonds. The Hall–Kier alpha value is -2.60. The van der Waals surface area contributed by atoms with Crippen molar-refractivity contribution in [2.75, 3.05) is 6.61 Å². The van der Waals surface area contributed by atoms with Crippen LogP contribution in [0.4, 0.5) is 5.69 Å². The van der Waals surface area contributed by atoms with Gasteiger partial charge in [-0.2, -0.15) is 0 Å². The van der Waals surface area contributed by atoms with Gasteiger partial charge in [0.25, 0.3) is 5.91 Å². The molecule has 0 heterocycles. The van der Waals surface area contributed by atoms with Crippen LogP contribution in [0.25, 0.3) is 0 Å². The Balaban J connectivity index is 1.97. The Morgan fingerprint density at radius 2 is 1.92 bits per heavy atom. The summed E-state index contributed by atoms with van der Waals surface area (Å²) >= 11 is 5.86. The summed E-state index contributed by atoms with van der Waals surface area (Å²) < 4.78 is 5.29. The first kappa shape index (κ1) is 17.7. The van der Waals surface area contributed by atoms with E-state index in [0.29, 0.717) is 11.4 Å². The maximum absolute atomic E-state index is 12.1. The molecule has 0 radical (unpaired) electrons. The van der Waals surface area contributed by atoms with E-state index in [-0.39, 0.29) is 30.0 Å². The summed E-state index contributed by atoms with van der Waals surface area (Å²) in [7, 11) is 0. The van der Waals surface area contributed by atoms with Crippen LogP contribution in [0.15, 0.2) is 48.5 Å². The van der Waals surface area contributed by atoms with Gasteiger partial charge in [-0.1, -0.05) is 42.8 Å². The lowest BCUT2D eigenvalue weighted by atomic mass is 10.0. The highest BCUT2D eigenvalue weighted by atomic mass is 35.5. The highest BCUT2D eigenvalue weighted by molar-refractivity contribution is 6.30. The molecule has 0 spiro atoms. The maximum Gasteiger partial charge on any atom is 0.310 e. The summed E-state index contributed by atoms with van der Waals surface area (Å²) in [6, 6.07) is 13.0. The molecule has 1 N–H and O–H groups in total. The van der Waals surface area contributed by atoms with E-state index in [9.17, 15) is 14.9 Å². The third-order valence-corrected chi connectivity index (χ3v) is 3.69. The molecule has 0 saturated heterocycles. The minimum absolute atomic E-state index is 0.0668. The van der Waals surface area contributed by atoms with Crippen LogP contribution in [-0.4, -0.2) is 17.4 Å². The molecular weight excluding hydrogens is 332 g/mol. The zero-order valence-electron chi connectivity index (χ0n) is 13.1. The molecule has 7 heteroatoms. The number of halogens is 1.